The van der Waals surface area contributed by atoms with Crippen LogP contribution in [0.3, 0.4) is 0 Å². The number of ether oxygens (including phenoxy) is 3. The van der Waals surface area contributed by atoms with Gasteiger partial charge >= 0.3 is 5.97 Å². The van der Waals surface area contributed by atoms with Crippen molar-refractivity contribution in [3.63, 3.8) is 0 Å². The normalized spacial score (nSPS) is 24.9. The molecule has 13 heteroatoms. The number of fused-ring (bicyclic) bond motifs is 1. The zero-order chi connectivity index (χ0) is 34.0. The topological polar surface area (TPSA) is 131 Å². The highest BCUT2D eigenvalue weighted by molar-refractivity contribution is 6.36. The van der Waals surface area contributed by atoms with E-state index in [0.29, 0.717) is 79.6 Å². The van der Waals surface area contributed by atoms with Gasteiger partial charge in [-0.1, -0.05) is 41.4 Å². The van der Waals surface area contributed by atoms with Gasteiger partial charge in [0.25, 0.3) is 5.91 Å². The van der Waals surface area contributed by atoms with Gasteiger partial charge in [0.05, 0.1) is 40.5 Å². The number of para-hydroxylation sites is 1. The number of Topliss-reactive ketones (excluding diaryl/α,β-unsaturated/α-hetero) is 1. The molecule has 2 aromatic carbocycles. The van der Waals surface area contributed by atoms with E-state index in [1.54, 1.807) is 38.5 Å². The standard InChI is InChI=1S/C35H41Cl2N3O8/c1-45-30-18-40(19-31(30)46-2)35(39-13-5-6-14-39,48-23-11-9-21(10-12-23)34(43)44)32(41)16-22-15-27(37)28(17-26(22)36)38-33(42)25-20-47-29-8-4-3-7-24(25)29/h3-4,7-8,15,17,20-21,23,30-31H,5-6,9-14,16,18-19H2,1-2H3,(H,38,42)(H,43,44)/t21?,23?,30-,31+,35?. The molecule has 2 N–H and O–H groups in total. The number of amides is 1. The second kappa shape index (κ2) is 14.8. The molecule has 0 spiro atoms. The third kappa shape index (κ3) is 6.87. The van der Waals surface area contributed by atoms with Crippen molar-refractivity contribution in [1.29, 1.82) is 0 Å². The molecule has 3 fully saturated rings. The summed E-state index contributed by atoms with van der Waals surface area (Å²) in [5, 5.41) is 13.6. The Labute approximate surface area is 289 Å². The molecule has 1 amide bonds. The number of hydrogen-bond donors (Lipinski definition) is 2. The lowest BCUT2D eigenvalue weighted by Crippen LogP contribution is -2.67. The van der Waals surface area contributed by atoms with Crippen LogP contribution < -0.4 is 5.32 Å². The average Bonchev–Trinajstić information content (AvgIpc) is 3.86. The Morgan fingerprint density at radius 2 is 1.62 bits per heavy atom. The van der Waals surface area contributed by atoms with Crippen molar-refractivity contribution >= 4 is 57.5 Å². The van der Waals surface area contributed by atoms with Crippen LogP contribution in [-0.2, 0) is 30.2 Å². The van der Waals surface area contributed by atoms with E-state index in [1.165, 1.54) is 6.26 Å². The molecule has 2 aliphatic heterocycles. The van der Waals surface area contributed by atoms with Gasteiger partial charge in [0.1, 0.15) is 11.8 Å². The van der Waals surface area contributed by atoms with Gasteiger partial charge in [-0.3, -0.25) is 24.2 Å². The Kier molecular flexibility index (Phi) is 10.8. The molecule has 3 heterocycles. The lowest BCUT2D eigenvalue weighted by atomic mass is 9.87. The molecule has 1 unspecified atom stereocenters. The Bertz CT molecular complexity index is 1640. The van der Waals surface area contributed by atoms with E-state index in [1.807, 2.05) is 17.0 Å². The number of nitrogens with zero attached hydrogens (tertiary/aromatic N) is 2. The predicted octanol–water partition coefficient (Wildman–Crippen LogP) is 5.86. The number of likely N-dealkylation sites (tertiary alicyclic amines) is 2. The van der Waals surface area contributed by atoms with E-state index < -0.39 is 23.6 Å². The highest BCUT2D eigenvalue weighted by atomic mass is 35.5. The molecule has 258 valence electrons. The van der Waals surface area contributed by atoms with Crippen LogP contribution in [0.2, 0.25) is 10.0 Å². The first-order chi connectivity index (χ1) is 23.1. The molecule has 0 radical (unpaired) electrons. The van der Waals surface area contributed by atoms with Gasteiger partial charge in [0, 0.05) is 57.2 Å². The third-order valence-corrected chi connectivity index (χ3v) is 10.6. The third-order valence-electron chi connectivity index (χ3n) is 9.96. The zero-order valence-electron chi connectivity index (χ0n) is 27.1. The number of halogens is 2. The number of aliphatic carboxylic acids is 1. The van der Waals surface area contributed by atoms with Crippen LogP contribution in [0.1, 0.15) is 54.4 Å². The Morgan fingerprint density at radius 3 is 2.27 bits per heavy atom. The molecule has 1 aliphatic carbocycles. The van der Waals surface area contributed by atoms with E-state index >= 15 is 0 Å². The molecule has 1 saturated carbocycles. The molecular formula is C35H41Cl2N3O8. The number of carbonyl (C=O) groups excluding carboxylic acids is 2. The predicted molar refractivity (Wildman–Crippen MR) is 181 cm³/mol. The minimum absolute atomic E-state index is 0.0914. The Balaban J connectivity index is 1.29. The van der Waals surface area contributed by atoms with E-state index in [4.69, 9.17) is 41.8 Å². The van der Waals surface area contributed by atoms with E-state index in [9.17, 15) is 19.5 Å². The number of carboxylic acids is 1. The SMILES string of the molecule is CO[C@H]1CN(C(OC2CCC(C(=O)O)CC2)(C(=O)Cc2cc(Cl)c(NC(=O)c3coc4ccccc34)cc2Cl)N2CCCC2)C[C@H]1OC. The lowest BCUT2D eigenvalue weighted by molar-refractivity contribution is -0.253. The van der Waals surface area contributed by atoms with E-state index in [0.717, 1.165) is 12.8 Å². The van der Waals surface area contributed by atoms with Crippen LogP contribution in [0.25, 0.3) is 11.0 Å². The van der Waals surface area contributed by atoms with Gasteiger partial charge in [0.2, 0.25) is 5.85 Å². The second-order valence-corrected chi connectivity index (χ2v) is 13.6. The fraction of sp³-hybridized carbons (Fsp3) is 0.514. The maximum atomic E-state index is 14.9. The summed E-state index contributed by atoms with van der Waals surface area (Å²) < 4.78 is 24.0. The number of carbonyl (C=O) groups is 3. The molecule has 0 bridgehead atoms. The van der Waals surface area contributed by atoms with Crippen LogP contribution in [0.5, 0.6) is 0 Å². The Hall–Kier alpha value is -3.03. The van der Waals surface area contributed by atoms with E-state index in [2.05, 4.69) is 10.2 Å². The minimum Gasteiger partial charge on any atom is -0.481 e. The van der Waals surface area contributed by atoms with Crippen molar-refractivity contribution in [3.05, 3.63) is 63.8 Å². The summed E-state index contributed by atoms with van der Waals surface area (Å²) in [7, 11) is 3.26. The van der Waals surface area contributed by atoms with Crippen molar-refractivity contribution in [2.24, 2.45) is 5.92 Å². The second-order valence-electron chi connectivity index (χ2n) is 12.8. The van der Waals surface area contributed by atoms with Crippen molar-refractivity contribution in [2.75, 3.05) is 45.7 Å². The fourth-order valence-electron chi connectivity index (χ4n) is 7.34. The van der Waals surface area contributed by atoms with E-state index in [-0.39, 0.29) is 40.6 Å². The number of hydrogen-bond acceptors (Lipinski definition) is 9. The number of furan rings is 1. The van der Waals surface area contributed by atoms with Gasteiger partial charge < -0.3 is 29.1 Å². The molecule has 2 saturated heterocycles. The molecule has 1 aromatic heterocycles. The number of rotatable bonds is 12. The molecule has 6 rings (SSSR count). The lowest BCUT2D eigenvalue weighted by Gasteiger charge is -2.48. The molecule has 3 atom stereocenters. The van der Waals surface area contributed by atoms with Crippen LogP contribution in [0.15, 0.2) is 47.1 Å². The maximum absolute atomic E-state index is 14.9. The van der Waals surface area contributed by atoms with Crippen LogP contribution in [0.4, 0.5) is 5.69 Å². The van der Waals surface area contributed by atoms with Crippen LogP contribution in [0, 0.1) is 5.92 Å². The van der Waals surface area contributed by atoms with Gasteiger partial charge in [-0.2, -0.15) is 0 Å². The maximum Gasteiger partial charge on any atom is 0.306 e. The molecule has 3 aliphatic rings. The summed E-state index contributed by atoms with van der Waals surface area (Å²) in [6.45, 7) is 2.13. The Morgan fingerprint density at radius 1 is 0.958 bits per heavy atom. The highest BCUT2D eigenvalue weighted by Crippen LogP contribution is 2.39. The first kappa shape index (κ1) is 34.8. The molecule has 48 heavy (non-hydrogen) atoms. The zero-order valence-corrected chi connectivity index (χ0v) is 28.6. The monoisotopic (exact) mass is 701 g/mol. The fourth-order valence-corrected chi connectivity index (χ4v) is 7.81. The number of carboxylic acid groups (broad SMARTS) is 1. The summed E-state index contributed by atoms with van der Waals surface area (Å²) in [5.41, 5.74) is 1.74. The first-order valence-electron chi connectivity index (χ1n) is 16.4. The van der Waals surface area contributed by atoms with Crippen LogP contribution in [-0.4, -0.2) is 97.1 Å². The molecular weight excluding hydrogens is 661 g/mol. The molecule has 3 aromatic rings. The summed E-state index contributed by atoms with van der Waals surface area (Å²) in [6.07, 6.45) is 4.28. The van der Waals surface area contributed by atoms with Crippen molar-refractivity contribution in [3.8, 4) is 0 Å². The number of ketones is 1. The largest absolute Gasteiger partial charge is 0.481 e. The van der Waals surface area contributed by atoms with Gasteiger partial charge in [-0.25, -0.2) is 0 Å². The number of benzene rings is 2. The summed E-state index contributed by atoms with van der Waals surface area (Å²) in [6, 6.07) is 10.4. The number of anilines is 1. The van der Waals surface area contributed by atoms with Crippen molar-refractivity contribution < 1.29 is 38.1 Å². The number of nitrogens with one attached hydrogen (secondary N) is 1. The van der Waals surface area contributed by atoms with Crippen LogP contribution >= 0.6 is 23.2 Å². The average molecular weight is 703 g/mol. The number of methoxy groups -OCH3 is 2. The quantitative estimate of drug-likeness (QED) is 0.237. The van der Waals surface area contributed by atoms with Crippen molar-refractivity contribution in [1.82, 2.24) is 9.80 Å². The summed E-state index contributed by atoms with van der Waals surface area (Å²) >= 11 is 13.5. The van der Waals surface area contributed by atoms with Gasteiger partial charge in [-0.05, 0) is 62.3 Å². The van der Waals surface area contributed by atoms with Gasteiger partial charge in [-0.15, -0.1) is 0 Å². The first-order valence-corrected chi connectivity index (χ1v) is 17.1. The smallest absolute Gasteiger partial charge is 0.306 e. The van der Waals surface area contributed by atoms with Crippen molar-refractivity contribution in [2.45, 2.75) is 69.1 Å². The minimum atomic E-state index is -1.45. The highest BCUT2D eigenvalue weighted by Gasteiger charge is 2.56. The molecule has 11 nitrogen and oxygen atoms in total. The summed E-state index contributed by atoms with van der Waals surface area (Å²) in [5.74, 6) is -3.29. The summed E-state index contributed by atoms with van der Waals surface area (Å²) in [4.78, 5) is 43.9. The van der Waals surface area contributed by atoms with Gasteiger partial charge in [0.15, 0.2) is 5.78 Å².